The van der Waals surface area contributed by atoms with Gasteiger partial charge in [-0.25, -0.2) is 0 Å². The van der Waals surface area contributed by atoms with Crippen molar-refractivity contribution in [3.8, 4) is 5.75 Å². The molecule has 1 heterocycles. The minimum absolute atomic E-state index is 0.0668. The number of fused-ring (bicyclic) bond motifs is 2. The average molecular weight is 468 g/mol. The molecule has 0 radical (unpaired) electrons. The van der Waals surface area contributed by atoms with Crippen LogP contribution in [0.25, 0.3) is 5.70 Å². The second-order valence-corrected chi connectivity index (χ2v) is 8.60. The molecule has 0 bridgehead atoms. The molecule has 3 N–H and O–H groups in total. The fourth-order valence-electron chi connectivity index (χ4n) is 4.76. The van der Waals surface area contributed by atoms with E-state index >= 15 is 0 Å². The van der Waals surface area contributed by atoms with Gasteiger partial charge in [-0.1, -0.05) is 43.3 Å². The fraction of sp³-hybridized carbons (Fsp3) is 0.179. The largest absolute Gasteiger partial charge is 0.507 e. The summed E-state index contributed by atoms with van der Waals surface area (Å²) in [5, 5.41) is 16.0. The Kier molecular flexibility index (Phi) is 5.82. The number of nitrogens with one attached hydrogen (secondary N) is 2. The van der Waals surface area contributed by atoms with E-state index in [1.165, 1.54) is 6.07 Å². The Hall–Kier alpha value is -4.39. The Bertz CT molecular complexity index is 1380. The van der Waals surface area contributed by atoms with E-state index in [9.17, 15) is 19.5 Å². The van der Waals surface area contributed by atoms with Gasteiger partial charge < -0.3 is 15.7 Å². The zero-order chi connectivity index (χ0) is 24.5. The van der Waals surface area contributed by atoms with E-state index in [-0.39, 0.29) is 29.5 Å². The predicted molar refractivity (Wildman–Crippen MR) is 134 cm³/mol. The topological polar surface area (TPSA) is 98.7 Å². The van der Waals surface area contributed by atoms with Gasteiger partial charge in [0.25, 0.3) is 5.91 Å². The Balaban J connectivity index is 1.46. The standard InChI is InChI=1S/C28H25N3O4/c1-2-17-7-5-9-23(32)26(17)28(35)29-19-11-13-20(14-12-19)31-22-15-10-18-6-3-4-8-21(18)27(22)30-24(33)16-25(31)34/h3-9,11-14,32H,2,10,15-16H2,1H3,(H,29,35)(H,30,33). The molecule has 0 atom stereocenters. The molecule has 1 aliphatic heterocycles. The van der Waals surface area contributed by atoms with Gasteiger partial charge in [0.05, 0.1) is 17.0 Å². The second-order valence-electron chi connectivity index (χ2n) is 8.60. The number of allylic oxidation sites excluding steroid dienone is 1. The molecule has 0 saturated carbocycles. The Labute approximate surface area is 203 Å². The highest BCUT2D eigenvalue weighted by Gasteiger charge is 2.33. The number of phenolic OH excluding ortho intramolecular Hbond substituents is 1. The fourth-order valence-corrected chi connectivity index (χ4v) is 4.76. The molecule has 7 nitrogen and oxygen atoms in total. The number of carbonyl (C=O) groups excluding carboxylic acids is 3. The molecule has 2 aliphatic rings. The second kappa shape index (κ2) is 9.10. The van der Waals surface area contributed by atoms with Gasteiger partial charge in [0.1, 0.15) is 12.2 Å². The summed E-state index contributed by atoms with van der Waals surface area (Å²) in [6, 6.07) is 19.8. The number of aryl methyl sites for hydroxylation is 2. The van der Waals surface area contributed by atoms with Gasteiger partial charge in [-0.05, 0) is 60.7 Å². The molecular weight excluding hydrogens is 442 g/mol. The maximum Gasteiger partial charge on any atom is 0.259 e. The maximum absolute atomic E-state index is 13.1. The number of rotatable bonds is 4. The molecule has 3 aromatic carbocycles. The molecule has 3 amide bonds. The van der Waals surface area contributed by atoms with Crippen LogP contribution in [0, 0.1) is 0 Å². The van der Waals surface area contributed by atoms with Crippen LogP contribution in [0.1, 0.15) is 46.8 Å². The van der Waals surface area contributed by atoms with E-state index in [1.54, 1.807) is 35.2 Å². The lowest BCUT2D eigenvalue weighted by Gasteiger charge is -2.29. The van der Waals surface area contributed by atoms with Crippen LogP contribution >= 0.6 is 0 Å². The van der Waals surface area contributed by atoms with Gasteiger partial charge in [0, 0.05) is 16.9 Å². The van der Waals surface area contributed by atoms with E-state index in [0.717, 1.165) is 28.8 Å². The first kappa shape index (κ1) is 22.4. The highest BCUT2D eigenvalue weighted by atomic mass is 16.3. The van der Waals surface area contributed by atoms with Crippen LogP contribution in [-0.4, -0.2) is 22.8 Å². The lowest BCUT2D eigenvalue weighted by molar-refractivity contribution is -0.126. The van der Waals surface area contributed by atoms with E-state index in [4.69, 9.17) is 0 Å². The highest BCUT2D eigenvalue weighted by Crippen LogP contribution is 2.36. The highest BCUT2D eigenvalue weighted by molar-refractivity contribution is 6.12. The Morgan fingerprint density at radius 3 is 2.54 bits per heavy atom. The van der Waals surface area contributed by atoms with Crippen molar-refractivity contribution < 1.29 is 19.5 Å². The Morgan fingerprint density at radius 1 is 1.00 bits per heavy atom. The summed E-state index contributed by atoms with van der Waals surface area (Å²) in [4.78, 5) is 40.0. The summed E-state index contributed by atoms with van der Waals surface area (Å²) >= 11 is 0. The third-order valence-electron chi connectivity index (χ3n) is 6.42. The summed E-state index contributed by atoms with van der Waals surface area (Å²) in [7, 11) is 0. The lowest BCUT2D eigenvalue weighted by Crippen LogP contribution is -2.31. The van der Waals surface area contributed by atoms with Gasteiger partial charge in [-0.15, -0.1) is 0 Å². The molecule has 3 aromatic rings. The van der Waals surface area contributed by atoms with Gasteiger partial charge in [0.15, 0.2) is 0 Å². The number of hydrogen-bond donors (Lipinski definition) is 3. The number of phenols is 1. The molecule has 0 spiro atoms. The molecule has 1 aliphatic carbocycles. The van der Waals surface area contributed by atoms with Gasteiger partial charge in [-0.3, -0.25) is 19.3 Å². The van der Waals surface area contributed by atoms with Crippen LogP contribution in [0.5, 0.6) is 5.75 Å². The van der Waals surface area contributed by atoms with Crippen molar-refractivity contribution in [1.29, 1.82) is 0 Å². The number of benzene rings is 3. The third-order valence-corrected chi connectivity index (χ3v) is 6.42. The van der Waals surface area contributed by atoms with E-state index in [2.05, 4.69) is 10.6 Å². The summed E-state index contributed by atoms with van der Waals surface area (Å²) in [6.07, 6.45) is 1.74. The number of anilines is 2. The van der Waals surface area contributed by atoms with Crippen molar-refractivity contribution in [1.82, 2.24) is 5.32 Å². The number of amides is 3. The van der Waals surface area contributed by atoms with E-state index < -0.39 is 5.91 Å². The number of carbonyl (C=O) groups is 3. The number of hydrogen-bond acceptors (Lipinski definition) is 4. The van der Waals surface area contributed by atoms with Crippen molar-refractivity contribution in [2.24, 2.45) is 0 Å². The monoisotopic (exact) mass is 467 g/mol. The summed E-state index contributed by atoms with van der Waals surface area (Å²) < 4.78 is 0. The van der Waals surface area contributed by atoms with Crippen molar-refractivity contribution in [3.05, 3.63) is 94.7 Å². The third kappa shape index (κ3) is 4.17. The maximum atomic E-state index is 13.1. The van der Waals surface area contributed by atoms with Gasteiger partial charge >= 0.3 is 0 Å². The molecule has 176 valence electrons. The van der Waals surface area contributed by atoms with Gasteiger partial charge in [0.2, 0.25) is 11.8 Å². The van der Waals surface area contributed by atoms with Crippen LogP contribution in [0.4, 0.5) is 11.4 Å². The van der Waals surface area contributed by atoms with E-state index in [0.29, 0.717) is 29.9 Å². The summed E-state index contributed by atoms with van der Waals surface area (Å²) in [5.74, 6) is -1.10. The first-order chi connectivity index (χ1) is 17.0. The molecule has 0 unspecified atom stereocenters. The van der Waals surface area contributed by atoms with Crippen molar-refractivity contribution in [2.45, 2.75) is 32.6 Å². The van der Waals surface area contributed by atoms with Crippen LogP contribution in [0.15, 0.2) is 72.4 Å². The molecular formula is C28H25N3O4. The normalized spacial score (nSPS) is 15.2. The zero-order valence-electron chi connectivity index (χ0n) is 19.3. The van der Waals surface area contributed by atoms with Gasteiger partial charge in [-0.2, -0.15) is 0 Å². The minimum Gasteiger partial charge on any atom is -0.507 e. The molecule has 0 saturated heterocycles. The number of nitrogens with zero attached hydrogens (tertiary/aromatic N) is 1. The van der Waals surface area contributed by atoms with Crippen molar-refractivity contribution in [3.63, 3.8) is 0 Å². The summed E-state index contributed by atoms with van der Waals surface area (Å²) in [5.41, 5.74) is 5.65. The smallest absolute Gasteiger partial charge is 0.259 e. The van der Waals surface area contributed by atoms with Crippen LogP contribution in [0.2, 0.25) is 0 Å². The molecule has 5 rings (SSSR count). The SMILES string of the molecule is CCc1cccc(O)c1C(=O)Nc1ccc(N2C(=O)CC(=O)NC3=C2CCc2ccccc23)cc1. The quantitative estimate of drug-likeness (QED) is 0.496. The minimum atomic E-state index is -0.401. The van der Waals surface area contributed by atoms with Crippen LogP contribution in [0.3, 0.4) is 0 Å². The Morgan fingerprint density at radius 2 is 1.77 bits per heavy atom. The zero-order valence-corrected chi connectivity index (χ0v) is 19.3. The molecule has 35 heavy (non-hydrogen) atoms. The van der Waals surface area contributed by atoms with Crippen LogP contribution < -0.4 is 15.5 Å². The lowest BCUT2D eigenvalue weighted by atomic mass is 9.91. The molecule has 0 fully saturated rings. The first-order valence-electron chi connectivity index (χ1n) is 11.6. The van der Waals surface area contributed by atoms with E-state index in [1.807, 2.05) is 37.3 Å². The first-order valence-corrected chi connectivity index (χ1v) is 11.6. The van der Waals surface area contributed by atoms with Crippen molar-refractivity contribution in [2.75, 3.05) is 10.2 Å². The number of aromatic hydroxyl groups is 1. The van der Waals surface area contributed by atoms with Crippen molar-refractivity contribution >= 4 is 34.8 Å². The molecule has 0 aromatic heterocycles. The predicted octanol–water partition coefficient (Wildman–Crippen LogP) is 4.37. The average Bonchev–Trinajstić information content (AvgIpc) is 2.98. The summed E-state index contributed by atoms with van der Waals surface area (Å²) in [6.45, 7) is 1.92. The molecule has 7 heteroatoms. The van der Waals surface area contributed by atoms with Crippen LogP contribution in [-0.2, 0) is 22.4 Å².